The third kappa shape index (κ3) is 3.23. The van der Waals surface area contributed by atoms with Crippen LogP contribution in [0.25, 0.3) is 16.7 Å². The first kappa shape index (κ1) is 16.4. The van der Waals surface area contributed by atoms with Crippen molar-refractivity contribution in [3.63, 3.8) is 0 Å². The summed E-state index contributed by atoms with van der Waals surface area (Å²) in [6.45, 7) is 0.245. The van der Waals surface area contributed by atoms with E-state index in [1.807, 2.05) is 24.3 Å². The Morgan fingerprint density at radius 1 is 1.21 bits per heavy atom. The van der Waals surface area contributed by atoms with Crippen LogP contribution in [-0.4, -0.2) is 38.0 Å². The van der Waals surface area contributed by atoms with E-state index < -0.39 is 11.3 Å². The minimum absolute atomic E-state index is 0.245. The zero-order valence-corrected chi connectivity index (χ0v) is 13.9. The summed E-state index contributed by atoms with van der Waals surface area (Å²) in [4.78, 5) is 0. The molecule has 8 nitrogen and oxygen atoms in total. The molecule has 2 aromatic carbocycles. The fourth-order valence-electron chi connectivity index (χ4n) is 2.36. The number of hydrogen-bond donors (Lipinski definition) is 2. The van der Waals surface area contributed by atoms with Gasteiger partial charge in [-0.2, -0.15) is 0 Å². The maximum absolute atomic E-state index is 10.7. The molecule has 1 unspecified atom stereocenters. The highest BCUT2D eigenvalue weighted by Gasteiger charge is 2.13. The Labute approximate surface area is 140 Å². The molecular formula is C15H16N4O4S. The molecule has 1 heterocycles. The number of aromatic nitrogens is 3. The highest BCUT2D eigenvalue weighted by molar-refractivity contribution is 7.77. The van der Waals surface area contributed by atoms with Gasteiger partial charge in [0.15, 0.2) is 0 Å². The summed E-state index contributed by atoms with van der Waals surface area (Å²) in [5.41, 5.74) is 3.05. The lowest BCUT2D eigenvalue weighted by atomic mass is 10.2. The Hall–Kier alpha value is -2.49. The largest absolute Gasteiger partial charge is 0.497 e. The average molecular weight is 348 g/mol. The van der Waals surface area contributed by atoms with Gasteiger partial charge < -0.3 is 9.47 Å². The molecule has 0 amide bonds. The van der Waals surface area contributed by atoms with Crippen LogP contribution in [-0.2, 0) is 17.8 Å². The predicted molar refractivity (Wildman–Crippen MR) is 89.6 cm³/mol. The lowest BCUT2D eigenvalue weighted by molar-refractivity contribution is 0.411. The number of nitrogens with zero attached hydrogens (tertiary/aromatic N) is 3. The van der Waals surface area contributed by atoms with Gasteiger partial charge in [-0.15, -0.1) is 5.10 Å². The quantitative estimate of drug-likeness (QED) is 0.658. The average Bonchev–Trinajstić information content (AvgIpc) is 3.02. The highest BCUT2D eigenvalue weighted by atomic mass is 32.2. The summed E-state index contributed by atoms with van der Waals surface area (Å²) in [6.07, 6.45) is 0. The number of hydrogen-bond acceptors (Lipinski definition) is 5. The first-order valence-electron chi connectivity index (χ1n) is 7.03. The molecule has 0 radical (unpaired) electrons. The molecule has 0 aliphatic carbocycles. The molecule has 126 valence electrons. The van der Waals surface area contributed by atoms with Crippen molar-refractivity contribution in [3.8, 4) is 17.2 Å². The van der Waals surface area contributed by atoms with Crippen LogP contribution in [0.4, 0.5) is 0 Å². The second-order valence-electron chi connectivity index (χ2n) is 4.93. The lowest BCUT2D eigenvalue weighted by Gasteiger charge is -2.11. The third-order valence-corrected chi connectivity index (χ3v) is 3.92. The molecule has 0 saturated carbocycles. The number of benzene rings is 2. The van der Waals surface area contributed by atoms with Gasteiger partial charge in [0.1, 0.15) is 22.7 Å². The van der Waals surface area contributed by atoms with E-state index in [0.29, 0.717) is 17.0 Å². The van der Waals surface area contributed by atoms with Crippen molar-refractivity contribution in [2.75, 3.05) is 14.2 Å². The predicted octanol–water partition coefficient (Wildman–Crippen LogP) is 1.66. The molecule has 0 saturated heterocycles. The minimum Gasteiger partial charge on any atom is -0.497 e. The molecule has 0 aliphatic rings. The fourth-order valence-corrected chi connectivity index (χ4v) is 2.65. The van der Waals surface area contributed by atoms with E-state index in [4.69, 9.17) is 14.0 Å². The molecule has 24 heavy (non-hydrogen) atoms. The maximum Gasteiger partial charge on any atom is 0.232 e. The first-order valence-corrected chi connectivity index (χ1v) is 8.14. The van der Waals surface area contributed by atoms with Gasteiger partial charge in [-0.25, -0.2) is 13.6 Å². The van der Waals surface area contributed by atoms with E-state index >= 15 is 0 Å². The van der Waals surface area contributed by atoms with Crippen LogP contribution < -0.4 is 14.2 Å². The summed E-state index contributed by atoms with van der Waals surface area (Å²) in [6, 6.07) is 11.0. The van der Waals surface area contributed by atoms with Crippen molar-refractivity contribution >= 4 is 22.3 Å². The van der Waals surface area contributed by atoms with Crippen molar-refractivity contribution < 1.29 is 18.2 Å². The van der Waals surface area contributed by atoms with Crippen LogP contribution in [0.5, 0.6) is 11.5 Å². The first-order chi connectivity index (χ1) is 11.6. The fraction of sp³-hybridized carbons (Fsp3) is 0.200. The zero-order valence-electron chi connectivity index (χ0n) is 13.1. The number of methoxy groups -OCH3 is 2. The van der Waals surface area contributed by atoms with Gasteiger partial charge in [0, 0.05) is 12.6 Å². The third-order valence-electron chi connectivity index (χ3n) is 3.52. The highest BCUT2D eigenvalue weighted by Crippen LogP contribution is 2.27. The molecule has 0 bridgehead atoms. The monoisotopic (exact) mass is 348 g/mol. The normalized spacial score (nSPS) is 12.3. The van der Waals surface area contributed by atoms with Gasteiger partial charge in [-0.05, 0) is 29.8 Å². The lowest BCUT2D eigenvalue weighted by Crippen LogP contribution is -2.15. The van der Waals surface area contributed by atoms with Crippen LogP contribution >= 0.6 is 0 Å². The van der Waals surface area contributed by atoms with Crippen LogP contribution in [0.15, 0.2) is 36.4 Å². The molecular weight excluding hydrogens is 332 g/mol. The van der Waals surface area contributed by atoms with Gasteiger partial charge >= 0.3 is 0 Å². The van der Waals surface area contributed by atoms with Gasteiger partial charge in [-0.1, -0.05) is 11.3 Å². The second kappa shape index (κ2) is 6.95. The Morgan fingerprint density at radius 2 is 2.04 bits per heavy atom. The summed E-state index contributed by atoms with van der Waals surface area (Å²) >= 11 is -2.06. The Bertz CT molecular complexity index is 896. The Balaban J connectivity index is 2.01. The van der Waals surface area contributed by atoms with Gasteiger partial charge in [0.2, 0.25) is 11.3 Å². The number of nitrogens with one attached hydrogen (secondary N) is 1. The molecule has 9 heteroatoms. The van der Waals surface area contributed by atoms with Crippen molar-refractivity contribution in [1.29, 1.82) is 0 Å². The van der Waals surface area contributed by atoms with E-state index in [2.05, 4.69) is 15.0 Å². The number of rotatable bonds is 6. The summed E-state index contributed by atoms with van der Waals surface area (Å²) < 4.78 is 34.2. The summed E-state index contributed by atoms with van der Waals surface area (Å²) in [5, 5.41) is 8.33. The van der Waals surface area contributed by atoms with Crippen molar-refractivity contribution in [1.82, 2.24) is 19.7 Å². The second-order valence-corrected chi connectivity index (χ2v) is 5.72. The van der Waals surface area contributed by atoms with E-state index in [9.17, 15) is 4.21 Å². The van der Waals surface area contributed by atoms with Crippen LogP contribution in [0.3, 0.4) is 0 Å². The standard InChI is InChI=1S/C15H16N4O4S/c1-22-11-4-6-13-12(8-11)17-18-19(13)14-5-3-10(7-15(14)23-2)9-16-24(20)21/h3-8,16H,9H2,1-2H3,(H,20,21). The molecule has 1 atom stereocenters. The molecule has 1 aromatic heterocycles. The van der Waals surface area contributed by atoms with Crippen molar-refractivity contribution in [2.24, 2.45) is 0 Å². The van der Waals surface area contributed by atoms with Crippen LogP contribution in [0.2, 0.25) is 0 Å². The molecule has 0 aliphatic heterocycles. The number of ether oxygens (including phenoxy) is 2. The number of fused-ring (bicyclic) bond motifs is 1. The Morgan fingerprint density at radius 3 is 2.75 bits per heavy atom. The maximum atomic E-state index is 10.7. The molecule has 2 N–H and O–H groups in total. The van der Waals surface area contributed by atoms with Gasteiger partial charge in [-0.3, -0.25) is 4.55 Å². The molecule has 3 rings (SSSR count). The van der Waals surface area contributed by atoms with Gasteiger partial charge in [0.05, 0.1) is 19.7 Å². The minimum atomic E-state index is -2.06. The summed E-state index contributed by atoms with van der Waals surface area (Å²) in [5.74, 6) is 1.29. The zero-order chi connectivity index (χ0) is 17.1. The molecule has 0 fully saturated rings. The SMILES string of the molecule is COc1ccc2c(c1)nnn2-c1ccc(CNS(=O)O)cc1OC. The molecule has 0 spiro atoms. The summed E-state index contributed by atoms with van der Waals surface area (Å²) in [7, 11) is 3.16. The van der Waals surface area contributed by atoms with E-state index in [-0.39, 0.29) is 6.54 Å². The van der Waals surface area contributed by atoms with Gasteiger partial charge in [0.25, 0.3) is 0 Å². The van der Waals surface area contributed by atoms with E-state index in [1.54, 1.807) is 31.0 Å². The van der Waals surface area contributed by atoms with Crippen molar-refractivity contribution in [3.05, 3.63) is 42.0 Å². The molecule has 3 aromatic rings. The Kier molecular flexibility index (Phi) is 4.74. The van der Waals surface area contributed by atoms with E-state index in [0.717, 1.165) is 16.8 Å². The van der Waals surface area contributed by atoms with Crippen molar-refractivity contribution in [2.45, 2.75) is 6.54 Å². The van der Waals surface area contributed by atoms with Crippen LogP contribution in [0.1, 0.15) is 5.56 Å². The topological polar surface area (TPSA) is 98.5 Å². The van der Waals surface area contributed by atoms with Crippen LogP contribution in [0, 0.1) is 0 Å². The van der Waals surface area contributed by atoms with E-state index in [1.165, 1.54) is 0 Å². The smallest absolute Gasteiger partial charge is 0.232 e.